The lowest BCUT2D eigenvalue weighted by Crippen LogP contribution is -2.47. The fourth-order valence-electron chi connectivity index (χ4n) is 3.22. The predicted molar refractivity (Wildman–Crippen MR) is 110 cm³/mol. The summed E-state index contributed by atoms with van der Waals surface area (Å²) in [5.41, 5.74) is 2.34. The lowest BCUT2D eigenvalue weighted by Gasteiger charge is -2.36. The summed E-state index contributed by atoms with van der Waals surface area (Å²) in [5, 5.41) is 11.8. The van der Waals surface area contributed by atoms with Crippen LogP contribution in [0.1, 0.15) is 16.1 Å². The van der Waals surface area contributed by atoms with Gasteiger partial charge in [0, 0.05) is 56.1 Å². The average molecular weight is 385 g/mol. The summed E-state index contributed by atoms with van der Waals surface area (Å²) in [4.78, 5) is 29.8. The van der Waals surface area contributed by atoms with E-state index in [2.05, 4.69) is 36.1 Å². The number of hydrogen-bond acceptors (Lipinski definition) is 7. The molecule has 2 aromatic heterocycles. The summed E-state index contributed by atoms with van der Waals surface area (Å²) in [5.74, 6) is 0.430. The minimum Gasteiger partial charge on any atom is -0.368 e. The molecule has 144 valence electrons. The highest BCUT2D eigenvalue weighted by Crippen LogP contribution is 2.19. The van der Waals surface area contributed by atoms with E-state index in [-0.39, 0.29) is 5.91 Å². The highest BCUT2D eigenvalue weighted by atomic mass is 16.1. The van der Waals surface area contributed by atoms with Crippen molar-refractivity contribution < 1.29 is 4.79 Å². The summed E-state index contributed by atoms with van der Waals surface area (Å²) >= 11 is 0. The number of nitrogens with zero attached hydrogens (tertiary/aromatic N) is 6. The van der Waals surface area contributed by atoms with Crippen molar-refractivity contribution in [1.29, 1.82) is 5.26 Å². The molecule has 8 nitrogen and oxygen atoms in total. The lowest BCUT2D eigenvalue weighted by atomic mass is 10.2. The number of anilines is 3. The van der Waals surface area contributed by atoms with Crippen LogP contribution in [0.5, 0.6) is 0 Å². The average Bonchev–Trinajstić information content (AvgIpc) is 2.80. The van der Waals surface area contributed by atoms with Crippen LogP contribution in [0.25, 0.3) is 0 Å². The number of nitrogens with one attached hydrogen (secondary N) is 1. The van der Waals surface area contributed by atoms with Gasteiger partial charge in [0.15, 0.2) is 0 Å². The van der Waals surface area contributed by atoms with E-state index in [4.69, 9.17) is 5.26 Å². The van der Waals surface area contributed by atoms with Gasteiger partial charge in [0.1, 0.15) is 5.69 Å². The predicted octanol–water partition coefficient (Wildman–Crippen LogP) is 2.32. The monoisotopic (exact) mass is 385 g/mol. The quantitative estimate of drug-likeness (QED) is 0.736. The van der Waals surface area contributed by atoms with E-state index in [1.165, 1.54) is 0 Å². The van der Waals surface area contributed by atoms with E-state index in [0.29, 0.717) is 16.9 Å². The summed E-state index contributed by atoms with van der Waals surface area (Å²) in [6.45, 7) is 3.20. The van der Waals surface area contributed by atoms with Crippen LogP contribution in [0.4, 0.5) is 17.3 Å². The van der Waals surface area contributed by atoms with Gasteiger partial charge in [-0.3, -0.25) is 9.78 Å². The molecule has 4 rings (SSSR count). The molecule has 0 spiro atoms. The molecule has 8 heteroatoms. The lowest BCUT2D eigenvalue weighted by molar-refractivity contribution is 0.102. The number of amides is 1. The Bertz CT molecular complexity index is 1040. The Morgan fingerprint density at radius 2 is 1.69 bits per heavy atom. The number of benzene rings is 1. The van der Waals surface area contributed by atoms with Gasteiger partial charge < -0.3 is 15.1 Å². The van der Waals surface area contributed by atoms with Crippen molar-refractivity contribution in [3.63, 3.8) is 0 Å². The number of piperazine rings is 1. The van der Waals surface area contributed by atoms with Gasteiger partial charge in [0.25, 0.3) is 5.91 Å². The number of hydrogen-bond donors (Lipinski definition) is 1. The molecule has 0 atom stereocenters. The summed E-state index contributed by atoms with van der Waals surface area (Å²) in [6.07, 6.45) is 5.13. The molecule has 29 heavy (non-hydrogen) atoms. The molecule has 1 aromatic carbocycles. The summed E-state index contributed by atoms with van der Waals surface area (Å²) in [7, 11) is 0. The second-order valence-corrected chi connectivity index (χ2v) is 6.57. The zero-order valence-electron chi connectivity index (χ0n) is 15.7. The minimum absolute atomic E-state index is 0.307. The SMILES string of the molecule is N#Cc1cccc(NC(=O)c2cc(N3CCN(c4ncccn4)CC3)ccn2)c1. The first-order valence-electron chi connectivity index (χ1n) is 9.27. The van der Waals surface area contributed by atoms with E-state index < -0.39 is 0 Å². The number of nitriles is 1. The molecule has 1 aliphatic heterocycles. The second-order valence-electron chi connectivity index (χ2n) is 6.57. The van der Waals surface area contributed by atoms with Crippen molar-refractivity contribution in [2.45, 2.75) is 0 Å². The highest BCUT2D eigenvalue weighted by molar-refractivity contribution is 6.03. The fourth-order valence-corrected chi connectivity index (χ4v) is 3.22. The molecule has 1 aliphatic rings. The number of carbonyl (C=O) groups excluding carboxylic acids is 1. The van der Waals surface area contributed by atoms with Crippen LogP contribution in [0.15, 0.2) is 61.1 Å². The molecule has 0 radical (unpaired) electrons. The molecule has 1 N–H and O–H groups in total. The fraction of sp³-hybridized carbons (Fsp3) is 0.190. The Morgan fingerprint density at radius 1 is 0.931 bits per heavy atom. The molecule has 1 fully saturated rings. The molecule has 0 unspecified atom stereocenters. The van der Waals surface area contributed by atoms with Crippen molar-refractivity contribution >= 4 is 23.2 Å². The number of pyridine rings is 1. The van der Waals surface area contributed by atoms with Crippen LogP contribution in [0.3, 0.4) is 0 Å². The molecule has 0 saturated carbocycles. The summed E-state index contributed by atoms with van der Waals surface area (Å²) in [6, 6.07) is 14.4. The zero-order chi connectivity index (χ0) is 20.1. The first-order valence-corrected chi connectivity index (χ1v) is 9.27. The maximum atomic E-state index is 12.6. The third-order valence-electron chi connectivity index (χ3n) is 4.71. The van der Waals surface area contributed by atoms with E-state index in [1.54, 1.807) is 55.0 Å². The van der Waals surface area contributed by atoms with Crippen LogP contribution in [0, 0.1) is 11.3 Å². The zero-order valence-corrected chi connectivity index (χ0v) is 15.7. The van der Waals surface area contributed by atoms with Crippen molar-refractivity contribution in [1.82, 2.24) is 15.0 Å². The van der Waals surface area contributed by atoms with Gasteiger partial charge in [-0.15, -0.1) is 0 Å². The molecule has 3 heterocycles. The van der Waals surface area contributed by atoms with Crippen LogP contribution in [-0.2, 0) is 0 Å². The van der Waals surface area contributed by atoms with Gasteiger partial charge in [-0.1, -0.05) is 6.07 Å². The Balaban J connectivity index is 1.42. The minimum atomic E-state index is -0.307. The Hall–Kier alpha value is -3.99. The number of carbonyl (C=O) groups is 1. The molecular formula is C21H19N7O. The van der Waals surface area contributed by atoms with Crippen LogP contribution in [0.2, 0.25) is 0 Å². The van der Waals surface area contributed by atoms with Crippen molar-refractivity contribution in [2.24, 2.45) is 0 Å². The largest absolute Gasteiger partial charge is 0.368 e. The van der Waals surface area contributed by atoms with E-state index >= 15 is 0 Å². The second kappa shape index (κ2) is 8.35. The highest BCUT2D eigenvalue weighted by Gasteiger charge is 2.20. The maximum Gasteiger partial charge on any atom is 0.274 e. The molecule has 1 saturated heterocycles. The van der Waals surface area contributed by atoms with Gasteiger partial charge in [-0.25, -0.2) is 9.97 Å². The normalized spacial score (nSPS) is 13.6. The third-order valence-corrected chi connectivity index (χ3v) is 4.71. The van der Waals surface area contributed by atoms with Crippen molar-refractivity contribution in [2.75, 3.05) is 41.3 Å². The number of rotatable bonds is 4. The first kappa shape index (κ1) is 18.4. The molecule has 1 amide bonds. The summed E-state index contributed by atoms with van der Waals surface area (Å²) < 4.78 is 0. The van der Waals surface area contributed by atoms with Gasteiger partial charge in [-0.05, 0) is 36.4 Å². The molecule has 0 bridgehead atoms. The number of aromatic nitrogens is 3. The van der Waals surface area contributed by atoms with E-state index in [1.807, 2.05) is 6.07 Å². The van der Waals surface area contributed by atoms with Crippen LogP contribution in [-0.4, -0.2) is 47.0 Å². The van der Waals surface area contributed by atoms with Gasteiger partial charge >= 0.3 is 0 Å². The Morgan fingerprint density at radius 3 is 2.45 bits per heavy atom. The van der Waals surface area contributed by atoms with Crippen LogP contribution < -0.4 is 15.1 Å². The maximum absolute atomic E-state index is 12.6. The Kier molecular flexibility index (Phi) is 5.29. The van der Waals surface area contributed by atoms with E-state index in [0.717, 1.165) is 37.8 Å². The van der Waals surface area contributed by atoms with E-state index in [9.17, 15) is 4.79 Å². The molecule has 0 aliphatic carbocycles. The van der Waals surface area contributed by atoms with Crippen LogP contribution >= 0.6 is 0 Å². The smallest absolute Gasteiger partial charge is 0.274 e. The van der Waals surface area contributed by atoms with Crippen molar-refractivity contribution in [3.05, 3.63) is 72.3 Å². The topological polar surface area (TPSA) is 98.0 Å². The van der Waals surface area contributed by atoms with Gasteiger partial charge in [-0.2, -0.15) is 5.26 Å². The third kappa shape index (κ3) is 4.30. The molecular weight excluding hydrogens is 366 g/mol. The molecule has 3 aromatic rings. The van der Waals surface area contributed by atoms with Gasteiger partial charge in [0.2, 0.25) is 5.95 Å². The first-order chi connectivity index (χ1) is 14.2. The Labute approximate surface area is 168 Å². The van der Waals surface area contributed by atoms with Gasteiger partial charge in [0.05, 0.1) is 11.6 Å². The van der Waals surface area contributed by atoms with Crippen molar-refractivity contribution in [3.8, 4) is 6.07 Å². The standard InChI is InChI=1S/C21H19N7O/c22-15-16-3-1-4-17(13-16)26-20(29)19-14-18(5-8-23-19)27-9-11-28(12-10-27)21-24-6-2-7-25-21/h1-8,13-14H,9-12H2,(H,26,29).